The van der Waals surface area contributed by atoms with Crippen LogP contribution in [0.2, 0.25) is 0 Å². The first-order valence-corrected chi connectivity index (χ1v) is 5.40. The maximum atomic E-state index is 11.2. The molecule has 14 heavy (non-hydrogen) atoms. The van der Waals surface area contributed by atoms with E-state index in [2.05, 4.69) is 18.7 Å². The van der Waals surface area contributed by atoms with E-state index in [9.17, 15) is 4.79 Å². The standard InChI is InChI=1S/C9H19NO2.C2H6/c1-5-10(6-2)9(7-12-4)8(3)11;1-2/h9H,5-7H2,1-4H3;1-2H3. The first-order chi connectivity index (χ1) is 6.67. The smallest absolute Gasteiger partial charge is 0.149 e. The van der Waals surface area contributed by atoms with Gasteiger partial charge in [0, 0.05) is 7.11 Å². The molecule has 0 aliphatic rings. The molecular weight excluding hydrogens is 178 g/mol. The molecule has 0 aliphatic carbocycles. The van der Waals surface area contributed by atoms with Crippen LogP contribution >= 0.6 is 0 Å². The molecule has 1 unspecified atom stereocenters. The molecule has 0 saturated carbocycles. The van der Waals surface area contributed by atoms with Gasteiger partial charge in [-0.25, -0.2) is 0 Å². The van der Waals surface area contributed by atoms with E-state index in [1.54, 1.807) is 14.0 Å². The Hall–Kier alpha value is -0.410. The third kappa shape index (κ3) is 6.11. The molecule has 0 amide bonds. The fraction of sp³-hybridized carbons (Fsp3) is 0.909. The summed E-state index contributed by atoms with van der Waals surface area (Å²) in [7, 11) is 1.62. The fourth-order valence-electron chi connectivity index (χ4n) is 1.30. The maximum Gasteiger partial charge on any atom is 0.149 e. The number of carbonyl (C=O) groups excluding carboxylic acids is 1. The summed E-state index contributed by atoms with van der Waals surface area (Å²) in [4.78, 5) is 13.3. The van der Waals surface area contributed by atoms with Gasteiger partial charge in [0.15, 0.2) is 0 Å². The van der Waals surface area contributed by atoms with Gasteiger partial charge in [0.25, 0.3) is 0 Å². The molecule has 3 nitrogen and oxygen atoms in total. The van der Waals surface area contributed by atoms with Crippen molar-refractivity contribution in [2.45, 2.75) is 40.7 Å². The molecular formula is C11H25NO2. The zero-order valence-electron chi connectivity index (χ0n) is 10.5. The van der Waals surface area contributed by atoms with Gasteiger partial charge in [-0.2, -0.15) is 0 Å². The van der Waals surface area contributed by atoms with Crippen molar-refractivity contribution < 1.29 is 9.53 Å². The highest BCUT2D eigenvalue weighted by atomic mass is 16.5. The minimum atomic E-state index is -0.0648. The minimum absolute atomic E-state index is 0.0648. The maximum absolute atomic E-state index is 11.2. The van der Waals surface area contributed by atoms with Crippen LogP contribution < -0.4 is 0 Å². The molecule has 0 radical (unpaired) electrons. The molecule has 3 heteroatoms. The molecule has 0 rings (SSSR count). The molecule has 0 aliphatic heterocycles. The van der Waals surface area contributed by atoms with Gasteiger partial charge in [0.2, 0.25) is 0 Å². The van der Waals surface area contributed by atoms with Gasteiger partial charge in [-0.15, -0.1) is 0 Å². The van der Waals surface area contributed by atoms with E-state index in [1.807, 2.05) is 13.8 Å². The second-order valence-corrected chi connectivity index (χ2v) is 2.80. The van der Waals surface area contributed by atoms with E-state index in [0.717, 1.165) is 13.1 Å². The van der Waals surface area contributed by atoms with Gasteiger partial charge in [-0.3, -0.25) is 9.69 Å². The quantitative estimate of drug-likeness (QED) is 0.661. The number of likely N-dealkylation sites (N-methyl/N-ethyl adjacent to an activating group) is 1. The molecule has 0 bridgehead atoms. The number of nitrogens with zero attached hydrogens (tertiary/aromatic N) is 1. The van der Waals surface area contributed by atoms with Crippen LogP contribution in [0.1, 0.15) is 34.6 Å². The predicted molar refractivity (Wildman–Crippen MR) is 60.6 cm³/mol. The largest absolute Gasteiger partial charge is 0.383 e. The van der Waals surface area contributed by atoms with Crippen LogP contribution in [0.25, 0.3) is 0 Å². The number of ether oxygens (including phenoxy) is 1. The van der Waals surface area contributed by atoms with Crippen LogP contribution in [0.3, 0.4) is 0 Å². The first kappa shape index (κ1) is 16.0. The van der Waals surface area contributed by atoms with E-state index in [4.69, 9.17) is 4.74 Å². The van der Waals surface area contributed by atoms with Crippen molar-refractivity contribution in [3.05, 3.63) is 0 Å². The van der Waals surface area contributed by atoms with Crippen molar-refractivity contribution in [3.8, 4) is 0 Å². The summed E-state index contributed by atoms with van der Waals surface area (Å²) in [6.07, 6.45) is 0. The van der Waals surface area contributed by atoms with Crippen LogP contribution in [-0.2, 0) is 9.53 Å². The molecule has 0 aromatic rings. The first-order valence-electron chi connectivity index (χ1n) is 5.40. The Morgan fingerprint density at radius 3 is 1.93 bits per heavy atom. The Morgan fingerprint density at radius 1 is 1.29 bits per heavy atom. The topological polar surface area (TPSA) is 29.5 Å². The summed E-state index contributed by atoms with van der Waals surface area (Å²) in [5, 5.41) is 0. The van der Waals surface area contributed by atoms with Crippen molar-refractivity contribution in [1.29, 1.82) is 0 Å². The lowest BCUT2D eigenvalue weighted by molar-refractivity contribution is -0.123. The Balaban J connectivity index is 0. The molecule has 1 atom stereocenters. The number of hydrogen-bond donors (Lipinski definition) is 0. The van der Waals surface area contributed by atoms with Crippen LogP contribution in [-0.4, -0.2) is 43.5 Å². The summed E-state index contributed by atoms with van der Waals surface area (Å²) >= 11 is 0. The zero-order valence-corrected chi connectivity index (χ0v) is 10.5. The molecule has 86 valence electrons. The van der Waals surface area contributed by atoms with Crippen LogP contribution in [0.15, 0.2) is 0 Å². The van der Waals surface area contributed by atoms with Crippen molar-refractivity contribution in [2.75, 3.05) is 26.8 Å². The Morgan fingerprint density at radius 2 is 1.71 bits per heavy atom. The summed E-state index contributed by atoms with van der Waals surface area (Å²) in [5.41, 5.74) is 0. The summed E-state index contributed by atoms with van der Waals surface area (Å²) in [6, 6.07) is -0.0648. The predicted octanol–water partition coefficient (Wildman–Crippen LogP) is 1.96. The van der Waals surface area contributed by atoms with E-state index >= 15 is 0 Å². The third-order valence-electron chi connectivity index (χ3n) is 2.05. The highest BCUT2D eigenvalue weighted by Crippen LogP contribution is 2.00. The molecule has 0 heterocycles. The van der Waals surface area contributed by atoms with Gasteiger partial charge in [-0.05, 0) is 20.0 Å². The molecule has 0 fully saturated rings. The summed E-state index contributed by atoms with van der Waals surface area (Å²) < 4.78 is 4.99. The molecule has 0 aromatic heterocycles. The molecule has 0 saturated heterocycles. The summed E-state index contributed by atoms with van der Waals surface area (Å²) in [6.45, 7) is 12.0. The highest BCUT2D eigenvalue weighted by Gasteiger charge is 2.19. The highest BCUT2D eigenvalue weighted by molar-refractivity contribution is 5.81. The van der Waals surface area contributed by atoms with E-state index in [0.29, 0.717) is 6.61 Å². The average molecular weight is 203 g/mol. The van der Waals surface area contributed by atoms with Gasteiger partial charge in [0.05, 0.1) is 12.6 Å². The number of carbonyl (C=O) groups is 1. The van der Waals surface area contributed by atoms with Crippen molar-refractivity contribution in [1.82, 2.24) is 4.90 Å². The number of hydrogen-bond acceptors (Lipinski definition) is 3. The fourth-order valence-corrected chi connectivity index (χ4v) is 1.30. The third-order valence-corrected chi connectivity index (χ3v) is 2.05. The van der Waals surface area contributed by atoms with Gasteiger partial charge in [0.1, 0.15) is 5.78 Å². The Labute approximate surface area is 88.4 Å². The number of Topliss-reactive ketones (excluding diaryl/α,β-unsaturated/α-hetero) is 1. The lowest BCUT2D eigenvalue weighted by Crippen LogP contribution is -2.43. The monoisotopic (exact) mass is 203 g/mol. The summed E-state index contributed by atoms with van der Waals surface area (Å²) in [5.74, 6) is 0.181. The second-order valence-electron chi connectivity index (χ2n) is 2.80. The van der Waals surface area contributed by atoms with E-state index < -0.39 is 0 Å². The second kappa shape index (κ2) is 10.7. The minimum Gasteiger partial charge on any atom is -0.383 e. The Kier molecular flexibility index (Phi) is 12.2. The van der Waals surface area contributed by atoms with Crippen molar-refractivity contribution in [2.24, 2.45) is 0 Å². The molecule has 0 N–H and O–H groups in total. The lowest BCUT2D eigenvalue weighted by Gasteiger charge is -2.26. The molecule has 0 aromatic carbocycles. The van der Waals surface area contributed by atoms with Gasteiger partial charge in [-0.1, -0.05) is 27.7 Å². The van der Waals surface area contributed by atoms with Crippen molar-refractivity contribution >= 4 is 5.78 Å². The van der Waals surface area contributed by atoms with Crippen LogP contribution in [0.4, 0.5) is 0 Å². The van der Waals surface area contributed by atoms with Gasteiger partial charge >= 0.3 is 0 Å². The lowest BCUT2D eigenvalue weighted by atomic mass is 10.2. The number of methoxy groups -OCH3 is 1. The average Bonchev–Trinajstić information content (AvgIpc) is 2.21. The number of rotatable bonds is 6. The SMILES string of the molecule is CC.CCN(CC)C(COC)C(C)=O. The Bertz CT molecular complexity index is 133. The van der Waals surface area contributed by atoms with E-state index in [-0.39, 0.29) is 11.8 Å². The normalized spacial score (nSPS) is 11.9. The van der Waals surface area contributed by atoms with Crippen LogP contribution in [0, 0.1) is 0 Å². The number of ketones is 1. The van der Waals surface area contributed by atoms with Crippen molar-refractivity contribution in [3.63, 3.8) is 0 Å². The van der Waals surface area contributed by atoms with E-state index in [1.165, 1.54) is 0 Å². The van der Waals surface area contributed by atoms with Gasteiger partial charge < -0.3 is 4.74 Å². The van der Waals surface area contributed by atoms with Crippen LogP contribution in [0.5, 0.6) is 0 Å². The molecule has 0 spiro atoms. The zero-order chi connectivity index (χ0) is 11.6.